The maximum absolute atomic E-state index is 6.22. The molecule has 84 valence electrons. The topological polar surface area (TPSA) is 43.8 Å². The molecule has 0 spiro atoms. The molecule has 1 saturated carbocycles. The van der Waals surface area contributed by atoms with E-state index in [4.69, 9.17) is 5.73 Å². The van der Waals surface area contributed by atoms with Gasteiger partial charge in [-0.3, -0.25) is 4.68 Å². The molecule has 0 saturated heterocycles. The molecule has 2 unspecified atom stereocenters. The van der Waals surface area contributed by atoms with E-state index in [2.05, 4.69) is 25.0 Å². The van der Waals surface area contributed by atoms with Gasteiger partial charge < -0.3 is 5.73 Å². The van der Waals surface area contributed by atoms with Crippen LogP contribution < -0.4 is 5.73 Å². The smallest absolute Gasteiger partial charge is 0.0492 e. The highest BCUT2D eigenvalue weighted by atomic mass is 15.3. The summed E-state index contributed by atoms with van der Waals surface area (Å²) < 4.78 is 1.96. The van der Waals surface area contributed by atoms with Crippen molar-refractivity contribution in [3.05, 3.63) is 18.0 Å². The summed E-state index contributed by atoms with van der Waals surface area (Å²) in [7, 11) is 2.00. The molecule has 0 aliphatic heterocycles. The van der Waals surface area contributed by atoms with E-state index in [-0.39, 0.29) is 0 Å². The predicted octanol–water partition coefficient (Wildman–Crippen LogP) is 2.04. The van der Waals surface area contributed by atoms with Crippen molar-refractivity contribution in [3.63, 3.8) is 0 Å². The molecule has 1 aliphatic rings. The van der Waals surface area contributed by atoms with E-state index in [1.807, 2.05) is 17.9 Å². The summed E-state index contributed by atoms with van der Waals surface area (Å²) in [6.45, 7) is 4.67. The standard InChI is InChI=1S/C12H21N3/c1-12(2)6-4-10(13)9(8-12)11-5-7-14-15(11)3/h5,7,9-10H,4,6,8,13H2,1-3H3. The summed E-state index contributed by atoms with van der Waals surface area (Å²) in [5.74, 6) is 0.473. The van der Waals surface area contributed by atoms with Gasteiger partial charge in [0, 0.05) is 30.9 Å². The Labute approximate surface area is 91.7 Å². The van der Waals surface area contributed by atoms with E-state index in [1.165, 1.54) is 18.5 Å². The number of nitrogens with zero attached hydrogens (tertiary/aromatic N) is 2. The van der Waals surface area contributed by atoms with Crippen molar-refractivity contribution in [3.8, 4) is 0 Å². The van der Waals surface area contributed by atoms with Crippen molar-refractivity contribution < 1.29 is 0 Å². The van der Waals surface area contributed by atoms with Crippen LogP contribution in [0.3, 0.4) is 0 Å². The van der Waals surface area contributed by atoms with Crippen molar-refractivity contribution in [2.24, 2.45) is 18.2 Å². The summed E-state index contributed by atoms with van der Waals surface area (Å²) in [6.07, 6.45) is 5.41. The average molecular weight is 207 g/mol. The van der Waals surface area contributed by atoms with Gasteiger partial charge in [-0.2, -0.15) is 5.10 Å². The van der Waals surface area contributed by atoms with E-state index in [0.29, 0.717) is 17.4 Å². The van der Waals surface area contributed by atoms with E-state index >= 15 is 0 Å². The van der Waals surface area contributed by atoms with E-state index in [9.17, 15) is 0 Å². The highest BCUT2D eigenvalue weighted by molar-refractivity contribution is 5.13. The lowest BCUT2D eigenvalue weighted by molar-refractivity contribution is 0.194. The van der Waals surface area contributed by atoms with Crippen LogP contribution >= 0.6 is 0 Å². The lowest BCUT2D eigenvalue weighted by Gasteiger charge is -2.39. The predicted molar refractivity (Wildman–Crippen MR) is 61.6 cm³/mol. The largest absolute Gasteiger partial charge is 0.327 e. The average Bonchev–Trinajstić information content (AvgIpc) is 2.56. The Hall–Kier alpha value is -0.830. The molecule has 0 bridgehead atoms. The molecule has 2 atom stereocenters. The van der Waals surface area contributed by atoms with E-state index in [0.717, 1.165) is 6.42 Å². The van der Waals surface area contributed by atoms with Gasteiger partial charge in [-0.1, -0.05) is 13.8 Å². The molecule has 1 aromatic heterocycles. The molecular formula is C12H21N3. The van der Waals surface area contributed by atoms with Crippen molar-refractivity contribution in [1.29, 1.82) is 0 Å². The van der Waals surface area contributed by atoms with E-state index < -0.39 is 0 Å². The summed E-state index contributed by atoms with van der Waals surface area (Å²) in [5, 5.41) is 4.24. The molecule has 2 rings (SSSR count). The van der Waals surface area contributed by atoms with Crippen LogP contribution in [0.25, 0.3) is 0 Å². The lowest BCUT2D eigenvalue weighted by atomic mass is 9.69. The zero-order valence-corrected chi connectivity index (χ0v) is 9.90. The van der Waals surface area contributed by atoms with Crippen LogP contribution in [0.1, 0.15) is 44.7 Å². The fourth-order valence-corrected chi connectivity index (χ4v) is 2.68. The van der Waals surface area contributed by atoms with Crippen molar-refractivity contribution >= 4 is 0 Å². The number of hydrogen-bond acceptors (Lipinski definition) is 2. The first kappa shape index (κ1) is 10.7. The van der Waals surface area contributed by atoms with Gasteiger partial charge in [0.1, 0.15) is 0 Å². The third-order valence-corrected chi connectivity index (χ3v) is 3.68. The monoisotopic (exact) mass is 207 g/mol. The first-order valence-corrected chi connectivity index (χ1v) is 5.73. The van der Waals surface area contributed by atoms with Gasteiger partial charge in [0.25, 0.3) is 0 Å². The summed E-state index contributed by atoms with van der Waals surface area (Å²) in [5.41, 5.74) is 7.93. The number of nitrogens with two attached hydrogens (primary N) is 1. The Kier molecular flexibility index (Phi) is 2.59. The van der Waals surface area contributed by atoms with Crippen LogP contribution in [0, 0.1) is 5.41 Å². The third kappa shape index (κ3) is 2.07. The first-order valence-electron chi connectivity index (χ1n) is 5.73. The Bertz CT molecular complexity index is 340. The summed E-state index contributed by atoms with van der Waals surface area (Å²) in [6, 6.07) is 2.40. The molecule has 3 nitrogen and oxygen atoms in total. The van der Waals surface area contributed by atoms with Crippen LogP contribution in [0.4, 0.5) is 0 Å². The van der Waals surface area contributed by atoms with Crippen molar-refractivity contribution in [2.75, 3.05) is 0 Å². The minimum Gasteiger partial charge on any atom is -0.327 e. The summed E-state index contributed by atoms with van der Waals surface area (Å²) in [4.78, 5) is 0. The SMILES string of the molecule is Cn1nccc1C1CC(C)(C)CCC1N. The molecule has 1 fully saturated rings. The molecule has 0 radical (unpaired) electrons. The zero-order chi connectivity index (χ0) is 11.1. The van der Waals surface area contributed by atoms with Gasteiger partial charge in [0.2, 0.25) is 0 Å². The Balaban J connectivity index is 2.24. The molecule has 0 amide bonds. The maximum Gasteiger partial charge on any atom is 0.0492 e. The molecule has 1 aliphatic carbocycles. The quantitative estimate of drug-likeness (QED) is 0.766. The van der Waals surface area contributed by atoms with Crippen LogP contribution in [-0.2, 0) is 7.05 Å². The minimum absolute atomic E-state index is 0.299. The van der Waals surface area contributed by atoms with Crippen molar-refractivity contribution in [2.45, 2.75) is 45.1 Å². The van der Waals surface area contributed by atoms with Gasteiger partial charge in [0.15, 0.2) is 0 Å². The maximum atomic E-state index is 6.22. The second-order valence-corrected chi connectivity index (χ2v) is 5.56. The third-order valence-electron chi connectivity index (χ3n) is 3.68. The Morgan fingerprint density at radius 3 is 2.87 bits per heavy atom. The molecular weight excluding hydrogens is 186 g/mol. The van der Waals surface area contributed by atoms with Crippen LogP contribution in [0.5, 0.6) is 0 Å². The second-order valence-electron chi connectivity index (χ2n) is 5.56. The fraction of sp³-hybridized carbons (Fsp3) is 0.750. The summed E-state index contributed by atoms with van der Waals surface area (Å²) >= 11 is 0. The first-order chi connectivity index (χ1) is 6.99. The van der Waals surface area contributed by atoms with Gasteiger partial charge in [-0.05, 0) is 30.7 Å². The zero-order valence-electron chi connectivity index (χ0n) is 9.90. The van der Waals surface area contributed by atoms with Gasteiger partial charge in [-0.15, -0.1) is 0 Å². The van der Waals surface area contributed by atoms with Gasteiger partial charge >= 0.3 is 0 Å². The lowest BCUT2D eigenvalue weighted by Crippen LogP contribution is -2.38. The normalized spacial score (nSPS) is 30.4. The highest BCUT2D eigenvalue weighted by Gasteiger charge is 2.34. The fourth-order valence-electron chi connectivity index (χ4n) is 2.68. The Morgan fingerprint density at radius 2 is 2.27 bits per heavy atom. The van der Waals surface area contributed by atoms with Crippen LogP contribution in [0.15, 0.2) is 12.3 Å². The molecule has 15 heavy (non-hydrogen) atoms. The van der Waals surface area contributed by atoms with Gasteiger partial charge in [0.05, 0.1) is 0 Å². The minimum atomic E-state index is 0.299. The highest BCUT2D eigenvalue weighted by Crippen LogP contribution is 2.42. The molecule has 0 aromatic carbocycles. The van der Waals surface area contributed by atoms with Crippen LogP contribution in [0.2, 0.25) is 0 Å². The molecule has 3 heteroatoms. The number of aromatic nitrogens is 2. The number of aryl methyl sites for hydroxylation is 1. The number of rotatable bonds is 1. The number of hydrogen-bond donors (Lipinski definition) is 1. The molecule has 1 heterocycles. The van der Waals surface area contributed by atoms with Crippen molar-refractivity contribution in [1.82, 2.24) is 9.78 Å². The molecule has 1 aromatic rings. The van der Waals surface area contributed by atoms with Crippen LogP contribution in [-0.4, -0.2) is 15.8 Å². The molecule has 2 N–H and O–H groups in total. The Morgan fingerprint density at radius 1 is 1.53 bits per heavy atom. The second kappa shape index (κ2) is 3.63. The van der Waals surface area contributed by atoms with Gasteiger partial charge in [-0.25, -0.2) is 0 Å². The van der Waals surface area contributed by atoms with E-state index in [1.54, 1.807) is 0 Å².